The van der Waals surface area contributed by atoms with E-state index in [0.717, 1.165) is 55.5 Å². The maximum absolute atomic E-state index is 12.1. The Morgan fingerprint density at radius 2 is 1.53 bits per heavy atom. The van der Waals surface area contributed by atoms with Crippen LogP contribution in [0.3, 0.4) is 0 Å². The topological polar surface area (TPSA) is 148 Å². The van der Waals surface area contributed by atoms with Crippen LogP contribution in [0.15, 0.2) is 78.9 Å². The van der Waals surface area contributed by atoms with E-state index in [9.17, 15) is 28.4 Å². The molecule has 0 bridgehead atoms. The minimum Gasteiger partial charge on any atom is -0.497 e. The highest BCUT2D eigenvalue weighted by molar-refractivity contribution is 5.87. The minimum absolute atomic E-state index is 0.0115. The van der Waals surface area contributed by atoms with Crippen LogP contribution in [0, 0.1) is 12.7 Å². The number of nitrogens with two attached hydrogens (primary N) is 1. The summed E-state index contributed by atoms with van der Waals surface area (Å²) in [6.45, 7) is 4.17. The fourth-order valence-electron chi connectivity index (χ4n) is 3.71. The molecule has 0 radical (unpaired) electrons. The van der Waals surface area contributed by atoms with Gasteiger partial charge in [0.25, 0.3) is 0 Å². The second-order valence-corrected chi connectivity index (χ2v) is 9.83. The number of primary amides is 1. The lowest BCUT2D eigenvalue weighted by atomic mass is 10.1. The lowest BCUT2D eigenvalue weighted by molar-refractivity contribution is -0.132. The molecule has 1 aliphatic heterocycles. The predicted molar refractivity (Wildman–Crippen MR) is 171 cm³/mol. The number of nitrogens with one attached hydrogen (secondary N) is 2. The van der Waals surface area contributed by atoms with Crippen molar-refractivity contribution in [1.29, 1.82) is 0 Å². The average Bonchev–Trinajstić information content (AvgIpc) is 3.61. The first kappa shape index (κ1) is 38.0. The summed E-state index contributed by atoms with van der Waals surface area (Å²) in [6.07, 6.45) is 4.52. The maximum Gasteiger partial charge on any atom is 0.241 e. The average molecular weight is 623 g/mol. The first-order valence-electron chi connectivity index (χ1n) is 14.5. The molecule has 0 unspecified atom stereocenters. The molecule has 0 spiro atoms. The number of carbonyl (C=O) groups excluding carboxylic acids is 5. The van der Waals surface area contributed by atoms with Gasteiger partial charge in [-0.25, -0.2) is 4.39 Å². The fraction of sp³-hybridized carbons (Fsp3) is 0.324. The molecule has 242 valence electrons. The SMILES string of the molecule is COc1ccc(CCNC=O)cc1.Cc1ccc(F)cc1.NC(=O)CCC(=O)NCC(=O)N1CCCC1.O=Cc1ccccc1. The Morgan fingerprint density at radius 3 is 2.02 bits per heavy atom. The maximum atomic E-state index is 12.1. The largest absolute Gasteiger partial charge is 0.497 e. The van der Waals surface area contributed by atoms with Crippen LogP contribution in [0.5, 0.6) is 5.75 Å². The van der Waals surface area contributed by atoms with Crippen LogP contribution in [-0.4, -0.2) is 68.6 Å². The molecule has 3 aromatic rings. The van der Waals surface area contributed by atoms with Crippen LogP contribution in [0.4, 0.5) is 4.39 Å². The molecule has 4 amide bonds. The summed E-state index contributed by atoms with van der Waals surface area (Å²) in [4.78, 5) is 54.8. The van der Waals surface area contributed by atoms with Gasteiger partial charge in [0, 0.05) is 38.0 Å². The van der Waals surface area contributed by atoms with Crippen LogP contribution < -0.4 is 21.1 Å². The number of halogens is 1. The third-order valence-corrected chi connectivity index (χ3v) is 6.24. The number of nitrogens with zero attached hydrogens (tertiary/aromatic N) is 1. The van der Waals surface area contributed by atoms with E-state index >= 15 is 0 Å². The zero-order chi connectivity index (χ0) is 33.3. The normalized spacial score (nSPS) is 11.1. The number of ether oxygens (including phenoxy) is 1. The first-order chi connectivity index (χ1) is 21.7. The molecule has 1 aliphatic rings. The van der Waals surface area contributed by atoms with Gasteiger partial charge in [0.1, 0.15) is 17.9 Å². The van der Waals surface area contributed by atoms with E-state index in [4.69, 9.17) is 10.5 Å². The number of carbonyl (C=O) groups is 5. The molecule has 1 heterocycles. The number of benzene rings is 3. The van der Waals surface area contributed by atoms with Crippen molar-refractivity contribution in [2.24, 2.45) is 5.73 Å². The summed E-state index contributed by atoms with van der Waals surface area (Å²) in [5, 5.41) is 5.09. The first-order valence-corrected chi connectivity index (χ1v) is 14.5. The third kappa shape index (κ3) is 19.0. The lowest BCUT2D eigenvalue weighted by Crippen LogP contribution is -2.38. The number of aryl methyl sites for hydroxylation is 1. The van der Waals surface area contributed by atoms with Crippen LogP contribution in [0.25, 0.3) is 0 Å². The summed E-state index contributed by atoms with van der Waals surface area (Å²) >= 11 is 0. The predicted octanol–water partition coefficient (Wildman–Crippen LogP) is 3.61. The highest BCUT2D eigenvalue weighted by Crippen LogP contribution is 2.11. The summed E-state index contributed by atoms with van der Waals surface area (Å²) in [6, 6.07) is 23.3. The summed E-state index contributed by atoms with van der Waals surface area (Å²) in [5.41, 5.74) is 7.91. The van der Waals surface area contributed by atoms with E-state index in [0.29, 0.717) is 13.0 Å². The van der Waals surface area contributed by atoms with Crippen molar-refractivity contribution < 1.29 is 33.1 Å². The molecule has 1 fully saturated rings. The van der Waals surface area contributed by atoms with Gasteiger partial charge in [0.2, 0.25) is 24.1 Å². The molecular formula is C34H43FN4O6. The van der Waals surface area contributed by atoms with Gasteiger partial charge in [-0.05, 0) is 56.0 Å². The van der Waals surface area contributed by atoms with Gasteiger partial charge >= 0.3 is 0 Å². The molecule has 10 nitrogen and oxygen atoms in total. The van der Waals surface area contributed by atoms with Gasteiger partial charge in [-0.3, -0.25) is 24.0 Å². The van der Waals surface area contributed by atoms with Gasteiger partial charge < -0.3 is 26.0 Å². The standard InChI is InChI=1S/C10H17N3O3.C10H13NO2.C7H7F.C7H6O/c11-8(14)3-4-9(15)12-7-10(16)13-5-1-2-6-13;1-13-10-4-2-9(3-5-10)6-7-11-8-12;1-6-2-4-7(8)5-3-6;8-6-7-4-2-1-3-5-7/h1-7H2,(H2,11,14)(H,12,15);2-5,8H,6-7H2,1H3,(H,11,12);2-5H,1H3;1-6H. The Bertz CT molecular complexity index is 1260. The third-order valence-electron chi connectivity index (χ3n) is 6.24. The van der Waals surface area contributed by atoms with Crippen molar-refractivity contribution in [1.82, 2.24) is 15.5 Å². The van der Waals surface area contributed by atoms with Crippen molar-refractivity contribution >= 4 is 30.4 Å². The van der Waals surface area contributed by atoms with Gasteiger partial charge in [-0.1, -0.05) is 60.2 Å². The Balaban J connectivity index is 0.000000313. The number of methoxy groups -OCH3 is 1. The fourth-order valence-corrected chi connectivity index (χ4v) is 3.71. The van der Waals surface area contributed by atoms with Crippen molar-refractivity contribution in [3.8, 4) is 5.75 Å². The van der Waals surface area contributed by atoms with Crippen molar-refractivity contribution in [2.45, 2.75) is 39.0 Å². The Labute approximate surface area is 264 Å². The molecule has 11 heteroatoms. The molecule has 3 aromatic carbocycles. The van der Waals surface area contributed by atoms with Gasteiger partial charge in [0.05, 0.1) is 13.7 Å². The van der Waals surface area contributed by atoms with E-state index in [1.165, 1.54) is 17.7 Å². The van der Waals surface area contributed by atoms with E-state index in [-0.39, 0.29) is 37.0 Å². The lowest BCUT2D eigenvalue weighted by Gasteiger charge is -2.15. The van der Waals surface area contributed by atoms with E-state index in [2.05, 4.69) is 10.6 Å². The van der Waals surface area contributed by atoms with Gasteiger partial charge in [-0.2, -0.15) is 0 Å². The molecule has 0 aromatic heterocycles. The number of hydrogen-bond donors (Lipinski definition) is 3. The molecule has 45 heavy (non-hydrogen) atoms. The highest BCUT2D eigenvalue weighted by Gasteiger charge is 2.18. The summed E-state index contributed by atoms with van der Waals surface area (Å²) in [5.74, 6) is -0.208. The second-order valence-electron chi connectivity index (χ2n) is 9.83. The van der Waals surface area contributed by atoms with Crippen LogP contribution in [-0.2, 0) is 25.6 Å². The zero-order valence-corrected chi connectivity index (χ0v) is 25.9. The molecule has 4 rings (SSSR count). The van der Waals surface area contributed by atoms with Crippen LogP contribution >= 0.6 is 0 Å². The number of amides is 4. The van der Waals surface area contributed by atoms with E-state index in [1.807, 2.05) is 49.4 Å². The summed E-state index contributed by atoms with van der Waals surface area (Å²) < 4.78 is 17.1. The Morgan fingerprint density at radius 1 is 0.911 bits per heavy atom. The zero-order valence-electron chi connectivity index (χ0n) is 25.9. The van der Waals surface area contributed by atoms with Crippen LogP contribution in [0.2, 0.25) is 0 Å². The molecule has 0 aliphatic carbocycles. The summed E-state index contributed by atoms with van der Waals surface area (Å²) in [7, 11) is 1.64. The van der Waals surface area contributed by atoms with Crippen molar-refractivity contribution in [3.63, 3.8) is 0 Å². The highest BCUT2D eigenvalue weighted by atomic mass is 19.1. The number of rotatable bonds is 11. The molecule has 1 saturated heterocycles. The Hall–Kier alpha value is -5.06. The second kappa shape index (κ2) is 23.4. The van der Waals surface area contributed by atoms with Crippen molar-refractivity contribution in [3.05, 3.63) is 101 Å². The Kier molecular flexibility index (Phi) is 19.7. The molecule has 4 N–H and O–H groups in total. The number of hydrogen-bond acceptors (Lipinski definition) is 6. The number of aldehydes is 1. The molecule has 0 saturated carbocycles. The van der Waals surface area contributed by atoms with E-state index < -0.39 is 5.91 Å². The molecule has 0 atom stereocenters. The van der Waals surface area contributed by atoms with Gasteiger partial charge in [0.15, 0.2) is 0 Å². The number of likely N-dealkylation sites (tertiary alicyclic amines) is 1. The van der Waals surface area contributed by atoms with Crippen LogP contribution in [0.1, 0.15) is 47.2 Å². The quantitative estimate of drug-likeness (QED) is 0.220. The van der Waals surface area contributed by atoms with E-state index in [1.54, 1.807) is 36.3 Å². The minimum atomic E-state index is -0.513. The smallest absolute Gasteiger partial charge is 0.241 e. The van der Waals surface area contributed by atoms with Crippen molar-refractivity contribution in [2.75, 3.05) is 33.3 Å². The van der Waals surface area contributed by atoms with Gasteiger partial charge in [-0.15, -0.1) is 0 Å². The molecular weight excluding hydrogens is 579 g/mol. The monoisotopic (exact) mass is 622 g/mol.